The third-order valence-corrected chi connectivity index (χ3v) is 2.58. The van der Waals surface area contributed by atoms with Gasteiger partial charge in [0, 0.05) is 20.6 Å². The number of halogens is 1. The number of amides is 1. The highest BCUT2D eigenvalue weighted by atomic mass is 127. The lowest BCUT2D eigenvalue weighted by Gasteiger charge is -2.14. The maximum atomic E-state index is 11.6. The fourth-order valence-corrected chi connectivity index (χ4v) is 1.41. The number of aliphatic imine (C=N–C) groups is 1. The maximum absolute atomic E-state index is 11.6. The Morgan fingerprint density at radius 1 is 1.29 bits per heavy atom. The lowest BCUT2D eigenvalue weighted by molar-refractivity contribution is -0.127. The van der Waals surface area contributed by atoms with Crippen molar-refractivity contribution < 1.29 is 4.79 Å². The van der Waals surface area contributed by atoms with Crippen LogP contribution in [0.25, 0.3) is 0 Å². The van der Waals surface area contributed by atoms with E-state index in [2.05, 4.69) is 22.2 Å². The van der Waals surface area contributed by atoms with Crippen molar-refractivity contribution in [1.82, 2.24) is 15.5 Å². The summed E-state index contributed by atoms with van der Waals surface area (Å²) in [6.07, 6.45) is 1.74. The van der Waals surface area contributed by atoms with Crippen LogP contribution < -0.4 is 10.6 Å². The lowest BCUT2D eigenvalue weighted by atomic mass is 10.2. The predicted octanol–water partition coefficient (Wildman–Crippen LogP) is 1.61. The zero-order valence-corrected chi connectivity index (χ0v) is 14.8. The smallest absolute Gasteiger partial charge is 0.241 e. The monoisotopic (exact) mass is 402 g/mol. The summed E-state index contributed by atoms with van der Waals surface area (Å²) in [4.78, 5) is 17.5. The highest BCUT2D eigenvalue weighted by Crippen LogP contribution is 1.99. The standard InChI is InChI=1S/C15H22N4O.HI/c1-4-10-16-15(18-12-14(20)19(2)3)17-11-13-8-6-5-7-9-13;/h4-9H,1,10-12H2,2-3H3,(H2,16,17,18);1H. The molecule has 1 aromatic carbocycles. The second-order valence-corrected chi connectivity index (χ2v) is 4.46. The summed E-state index contributed by atoms with van der Waals surface area (Å²) in [6, 6.07) is 9.95. The number of benzene rings is 1. The van der Waals surface area contributed by atoms with Crippen LogP contribution in [-0.4, -0.2) is 44.0 Å². The summed E-state index contributed by atoms with van der Waals surface area (Å²) in [5.74, 6) is 0.599. The van der Waals surface area contributed by atoms with Gasteiger partial charge in [-0.2, -0.15) is 0 Å². The average Bonchev–Trinajstić information content (AvgIpc) is 2.47. The van der Waals surface area contributed by atoms with E-state index in [1.807, 2.05) is 30.3 Å². The molecule has 0 fully saturated rings. The zero-order valence-electron chi connectivity index (χ0n) is 12.5. The molecule has 1 aromatic rings. The minimum Gasteiger partial charge on any atom is -0.353 e. The van der Waals surface area contributed by atoms with E-state index < -0.39 is 0 Å². The van der Waals surface area contributed by atoms with Crippen LogP contribution in [-0.2, 0) is 11.3 Å². The second-order valence-electron chi connectivity index (χ2n) is 4.46. The molecule has 0 bridgehead atoms. The van der Waals surface area contributed by atoms with Gasteiger partial charge in [-0.15, -0.1) is 30.6 Å². The number of nitrogens with one attached hydrogen (secondary N) is 2. The Labute approximate surface area is 143 Å². The topological polar surface area (TPSA) is 56.7 Å². The van der Waals surface area contributed by atoms with Gasteiger partial charge in [0.1, 0.15) is 0 Å². The largest absolute Gasteiger partial charge is 0.353 e. The average molecular weight is 402 g/mol. The Kier molecular flexibility index (Phi) is 10.3. The van der Waals surface area contributed by atoms with Crippen LogP contribution in [0.5, 0.6) is 0 Å². The second kappa shape index (κ2) is 11.1. The minimum absolute atomic E-state index is 0. The highest BCUT2D eigenvalue weighted by molar-refractivity contribution is 14.0. The molecule has 0 radical (unpaired) electrons. The molecule has 0 heterocycles. The number of carbonyl (C=O) groups is 1. The van der Waals surface area contributed by atoms with Crippen LogP contribution in [0, 0.1) is 0 Å². The van der Waals surface area contributed by atoms with E-state index in [0.717, 1.165) is 5.56 Å². The van der Waals surface area contributed by atoms with Gasteiger partial charge in [-0.05, 0) is 5.56 Å². The van der Waals surface area contributed by atoms with Gasteiger partial charge < -0.3 is 15.5 Å². The molecule has 0 atom stereocenters. The highest BCUT2D eigenvalue weighted by Gasteiger charge is 2.05. The molecule has 6 heteroatoms. The number of guanidine groups is 1. The quantitative estimate of drug-likeness (QED) is 0.329. The summed E-state index contributed by atoms with van der Waals surface area (Å²) in [5.41, 5.74) is 1.12. The molecule has 5 nitrogen and oxygen atoms in total. The number of nitrogens with zero attached hydrogens (tertiary/aromatic N) is 2. The van der Waals surface area contributed by atoms with Crippen molar-refractivity contribution in [2.75, 3.05) is 27.2 Å². The lowest BCUT2D eigenvalue weighted by Crippen LogP contribution is -2.43. The van der Waals surface area contributed by atoms with Crippen LogP contribution in [0.15, 0.2) is 48.0 Å². The predicted molar refractivity (Wildman–Crippen MR) is 97.9 cm³/mol. The summed E-state index contributed by atoms with van der Waals surface area (Å²) >= 11 is 0. The van der Waals surface area contributed by atoms with Crippen molar-refractivity contribution in [2.24, 2.45) is 4.99 Å². The molecule has 0 aromatic heterocycles. The first-order chi connectivity index (χ1) is 9.63. The van der Waals surface area contributed by atoms with Gasteiger partial charge >= 0.3 is 0 Å². The molecular formula is C15H23IN4O. The van der Waals surface area contributed by atoms with Gasteiger partial charge in [-0.1, -0.05) is 36.4 Å². The van der Waals surface area contributed by atoms with Crippen LogP contribution in [0.2, 0.25) is 0 Å². The van der Waals surface area contributed by atoms with Gasteiger partial charge in [0.2, 0.25) is 5.91 Å². The van der Waals surface area contributed by atoms with E-state index >= 15 is 0 Å². The molecule has 1 rings (SSSR count). The number of hydrogen-bond donors (Lipinski definition) is 2. The fraction of sp³-hybridized carbons (Fsp3) is 0.333. The molecule has 0 unspecified atom stereocenters. The van der Waals surface area contributed by atoms with E-state index in [0.29, 0.717) is 19.0 Å². The van der Waals surface area contributed by atoms with Crippen LogP contribution in [0.3, 0.4) is 0 Å². The molecular weight excluding hydrogens is 379 g/mol. The molecule has 21 heavy (non-hydrogen) atoms. The first-order valence-corrected chi connectivity index (χ1v) is 6.50. The zero-order chi connectivity index (χ0) is 14.8. The number of carbonyl (C=O) groups excluding carboxylic acids is 1. The van der Waals surface area contributed by atoms with Gasteiger partial charge in [0.15, 0.2) is 5.96 Å². The molecule has 1 amide bonds. The molecule has 2 N–H and O–H groups in total. The van der Waals surface area contributed by atoms with Gasteiger partial charge in [0.25, 0.3) is 0 Å². The fourth-order valence-electron chi connectivity index (χ4n) is 1.41. The van der Waals surface area contributed by atoms with Gasteiger partial charge in [-0.3, -0.25) is 4.79 Å². The molecule has 0 aliphatic heterocycles. The molecule has 0 saturated carbocycles. The molecule has 0 spiro atoms. The van der Waals surface area contributed by atoms with Crippen molar-refractivity contribution >= 4 is 35.8 Å². The van der Waals surface area contributed by atoms with E-state index in [4.69, 9.17) is 0 Å². The first kappa shape index (κ1) is 19.4. The Balaban J connectivity index is 0.00000400. The molecule has 0 saturated heterocycles. The van der Waals surface area contributed by atoms with Crippen LogP contribution in [0.4, 0.5) is 0 Å². The van der Waals surface area contributed by atoms with Crippen molar-refractivity contribution in [2.45, 2.75) is 6.54 Å². The van der Waals surface area contributed by atoms with E-state index in [1.165, 1.54) is 4.90 Å². The maximum Gasteiger partial charge on any atom is 0.241 e. The number of likely N-dealkylation sites (N-methyl/N-ethyl adjacent to an activating group) is 1. The third kappa shape index (κ3) is 8.34. The summed E-state index contributed by atoms with van der Waals surface area (Å²) in [5, 5.41) is 6.09. The van der Waals surface area contributed by atoms with Gasteiger partial charge in [-0.25, -0.2) is 4.99 Å². The Morgan fingerprint density at radius 3 is 2.52 bits per heavy atom. The van der Waals surface area contributed by atoms with Crippen molar-refractivity contribution in [3.05, 3.63) is 48.6 Å². The molecule has 116 valence electrons. The first-order valence-electron chi connectivity index (χ1n) is 6.50. The summed E-state index contributed by atoms with van der Waals surface area (Å²) in [6.45, 7) is 5.02. The van der Waals surface area contributed by atoms with Crippen molar-refractivity contribution in [3.63, 3.8) is 0 Å². The normalized spacial score (nSPS) is 10.3. The van der Waals surface area contributed by atoms with Crippen LogP contribution >= 0.6 is 24.0 Å². The molecule has 0 aliphatic carbocycles. The van der Waals surface area contributed by atoms with Crippen LogP contribution in [0.1, 0.15) is 5.56 Å². The minimum atomic E-state index is -0.00202. The summed E-state index contributed by atoms with van der Waals surface area (Å²) < 4.78 is 0. The molecule has 0 aliphatic rings. The number of hydrogen-bond acceptors (Lipinski definition) is 2. The van der Waals surface area contributed by atoms with E-state index in [-0.39, 0.29) is 36.4 Å². The Morgan fingerprint density at radius 2 is 1.95 bits per heavy atom. The number of rotatable bonds is 6. The third-order valence-electron chi connectivity index (χ3n) is 2.58. The Hall–Kier alpha value is -1.57. The van der Waals surface area contributed by atoms with Crippen molar-refractivity contribution in [1.29, 1.82) is 0 Å². The van der Waals surface area contributed by atoms with E-state index in [1.54, 1.807) is 20.2 Å². The summed E-state index contributed by atoms with van der Waals surface area (Å²) in [7, 11) is 3.45. The SMILES string of the molecule is C=CCNC(=NCc1ccccc1)NCC(=O)N(C)C.I. The Bertz CT molecular complexity index is 460. The van der Waals surface area contributed by atoms with Crippen molar-refractivity contribution in [3.8, 4) is 0 Å². The van der Waals surface area contributed by atoms with Gasteiger partial charge in [0.05, 0.1) is 13.1 Å². The van der Waals surface area contributed by atoms with E-state index in [9.17, 15) is 4.79 Å².